The first-order valence-corrected chi connectivity index (χ1v) is 8.50. The van der Waals surface area contributed by atoms with Crippen LogP contribution in [-0.4, -0.2) is 12.0 Å². The predicted octanol–water partition coefficient (Wildman–Crippen LogP) is 3.68. The lowest BCUT2D eigenvalue weighted by Crippen LogP contribution is -2.36. The van der Waals surface area contributed by atoms with E-state index < -0.39 is 6.10 Å². The van der Waals surface area contributed by atoms with Crippen molar-refractivity contribution in [1.29, 1.82) is 0 Å². The molecule has 0 aliphatic carbocycles. The number of halogens is 2. The van der Waals surface area contributed by atoms with Gasteiger partial charge in [-0.05, 0) is 35.7 Å². The molecule has 4 nitrogen and oxygen atoms in total. The Hall–Kier alpha value is -1.75. The van der Waals surface area contributed by atoms with E-state index in [1.54, 1.807) is 25.1 Å². The molecular formula is C18H18Cl2N2O2. The van der Waals surface area contributed by atoms with Gasteiger partial charge in [-0.2, -0.15) is 0 Å². The van der Waals surface area contributed by atoms with E-state index in [1.807, 2.05) is 6.07 Å². The van der Waals surface area contributed by atoms with Crippen LogP contribution < -0.4 is 15.4 Å². The molecule has 1 unspecified atom stereocenters. The average molecular weight is 365 g/mol. The van der Waals surface area contributed by atoms with Crippen LogP contribution in [0.1, 0.15) is 23.6 Å². The van der Waals surface area contributed by atoms with E-state index in [0.29, 0.717) is 22.3 Å². The standard InChI is InChI=1S/C18H18Cl2N2O2/c1-11(24-16-4-2-3-15(19)17(16)20)18(23)22-8-12-5-6-13-9-21-10-14(13)7-12/h2-7,11,21H,8-10H2,1H3,(H,22,23). The maximum Gasteiger partial charge on any atom is 0.261 e. The van der Waals surface area contributed by atoms with Crippen LogP contribution in [0, 0.1) is 0 Å². The highest BCUT2D eigenvalue weighted by atomic mass is 35.5. The molecule has 0 saturated carbocycles. The van der Waals surface area contributed by atoms with Gasteiger partial charge in [0.2, 0.25) is 0 Å². The van der Waals surface area contributed by atoms with E-state index in [-0.39, 0.29) is 5.91 Å². The Kier molecular flexibility index (Phi) is 5.29. The van der Waals surface area contributed by atoms with Gasteiger partial charge in [0, 0.05) is 19.6 Å². The molecule has 2 aromatic rings. The molecule has 6 heteroatoms. The molecule has 0 spiro atoms. The van der Waals surface area contributed by atoms with E-state index >= 15 is 0 Å². The summed E-state index contributed by atoms with van der Waals surface area (Å²) < 4.78 is 5.61. The highest BCUT2D eigenvalue weighted by Gasteiger charge is 2.17. The smallest absolute Gasteiger partial charge is 0.261 e. The second-order valence-corrected chi connectivity index (χ2v) is 6.52. The lowest BCUT2D eigenvalue weighted by atomic mass is 10.1. The summed E-state index contributed by atoms with van der Waals surface area (Å²) in [4.78, 5) is 12.2. The Bertz CT molecular complexity index is 765. The summed E-state index contributed by atoms with van der Waals surface area (Å²) in [5.41, 5.74) is 3.67. The van der Waals surface area contributed by atoms with E-state index in [4.69, 9.17) is 27.9 Å². The molecule has 2 aromatic carbocycles. The fourth-order valence-electron chi connectivity index (χ4n) is 2.61. The van der Waals surface area contributed by atoms with E-state index in [2.05, 4.69) is 22.8 Å². The number of ether oxygens (including phenoxy) is 1. The fourth-order valence-corrected chi connectivity index (χ4v) is 2.95. The van der Waals surface area contributed by atoms with Gasteiger partial charge in [0.15, 0.2) is 6.10 Å². The minimum atomic E-state index is -0.669. The van der Waals surface area contributed by atoms with Crippen molar-refractivity contribution in [2.45, 2.75) is 32.7 Å². The van der Waals surface area contributed by atoms with Crippen molar-refractivity contribution in [3.63, 3.8) is 0 Å². The fraction of sp³-hybridized carbons (Fsp3) is 0.278. The summed E-state index contributed by atoms with van der Waals surface area (Å²) in [6, 6.07) is 11.3. The van der Waals surface area contributed by atoms with Gasteiger partial charge in [0.25, 0.3) is 5.91 Å². The number of hydrogen-bond acceptors (Lipinski definition) is 3. The Balaban J connectivity index is 1.57. The van der Waals surface area contributed by atoms with E-state index in [1.165, 1.54) is 11.1 Å². The monoisotopic (exact) mass is 364 g/mol. The minimum Gasteiger partial charge on any atom is -0.479 e. The Morgan fingerprint density at radius 2 is 2.04 bits per heavy atom. The summed E-state index contributed by atoms with van der Waals surface area (Å²) >= 11 is 12.0. The zero-order valence-electron chi connectivity index (χ0n) is 13.2. The van der Waals surface area contributed by atoms with Gasteiger partial charge in [0.05, 0.1) is 5.02 Å². The maximum absolute atomic E-state index is 12.2. The van der Waals surface area contributed by atoms with Crippen molar-refractivity contribution < 1.29 is 9.53 Å². The second-order valence-electron chi connectivity index (χ2n) is 5.74. The molecule has 2 N–H and O–H groups in total. The lowest BCUT2D eigenvalue weighted by Gasteiger charge is -2.16. The topological polar surface area (TPSA) is 50.4 Å². The minimum absolute atomic E-state index is 0.204. The highest BCUT2D eigenvalue weighted by Crippen LogP contribution is 2.32. The van der Waals surface area contributed by atoms with Crippen LogP contribution >= 0.6 is 23.2 Å². The van der Waals surface area contributed by atoms with Crippen molar-refractivity contribution in [2.24, 2.45) is 0 Å². The largest absolute Gasteiger partial charge is 0.479 e. The Morgan fingerprint density at radius 1 is 1.25 bits per heavy atom. The summed E-state index contributed by atoms with van der Waals surface area (Å²) in [5, 5.41) is 6.90. The molecule has 24 heavy (non-hydrogen) atoms. The number of amides is 1. The van der Waals surface area contributed by atoms with Crippen LogP contribution in [0.3, 0.4) is 0 Å². The first-order chi connectivity index (χ1) is 11.5. The molecule has 1 aliphatic heterocycles. The number of fused-ring (bicyclic) bond motifs is 1. The first kappa shape index (κ1) is 17.1. The highest BCUT2D eigenvalue weighted by molar-refractivity contribution is 6.42. The quantitative estimate of drug-likeness (QED) is 0.850. The van der Waals surface area contributed by atoms with Crippen molar-refractivity contribution in [3.05, 3.63) is 63.1 Å². The maximum atomic E-state index is 12.2. The Morgan fingerprint density at radius 3 is 2.88 bits per heavy atom. The number of nitrogens with one attached hydrogen (secondary N) is 2. The molecule has 1 amide bonds. The number of carbonyl (C=O) groups excluding carboxylic acids is 1. The van der Waals surface area contributed by atoms with E-state index in [9.17, 15) is 4.79 Å². The van der Waals surface area contributed by atoms with Gasteiger partial charge in [-0.15, -0.1) is 0 Å². The normalized spacial score (nSPS) is 14.1. The van der Waals surface area contributed by atoms with Gasteiger partial charge in [-0.1, -0.05) is 47.5 Å². The zero-order chi connectivity index (χ0) is 17.1. The van der Waals surface area contributed by atoms with Crippen LogP contribution in [0.25, 0.3) is 0 Å². The molecule has 1 heterocycles. The van der Waals surface area contributed by atoms with Crippen LogP contribution in [-0.2, 0) is 24.4 Å². The molecule has 0 bridgehead atoms. The lowest BCUT2D eigenvalue weighted by molar-refractivity contribution is -0.127. The van der Waals surface area contributed by atoms with Crippen molar-refractivity contribution in [3.8, 4) is 5.75 Å². The molecule has 0 aromatic heterocycles. The summed E-state index contributed by atoms with van der Waals surface area (Å²) in [5.74, 6) is 0.195. The van der Waals surface area contributed by atoms with Crippen molar-refractivity contribution in [2.75, 3.05) is 0 Å². The predicted molar refractivity (Wildman–Crippen MR) is 95.4 cm³/mol. The van der Waals surface area contributed by atoms with Gasteiger partial charge in [0.1, 0.15) is 10.8 Å². The van der Waals surface area contributed by atoms with Crippen molar-refractivity contribution >= 4 is 29.1 Å². The van der Waals surface area contributed by atoms with Crippen LogP contribution in [0.4, 0.5) is 0 Å². The zero-order valence-corrected chi connectivity index (χ0v) is 14.7. The summed E-state index contributed by atoms with van der Waals surface area (Å²) in [6.45, 7) is 3.93. The molecule has 0 saturated heterocycles. The number of hydrogen-bond donors (Lipinski definition) is 2. The van der Waals surface area contributed by atoms with Crippen molar-refractivity contribution in [1.82, 2.24) is 10.6 Å². The number of carbonyl (C=O) groups is 1. The molecule has 3 rings (SSSR count). The molecule has 1 atom stereocenters. The molecule has 1 aliphatic rings. The third-order valence-corrected chi connectivity index (χ3v) is 4.76. The van der Waals surface area contributed by atoms with Gasteiger partial charge in [-0.25, -0.2) is 0 Å². The summed E-state index contributed by atoms with van der Waals surface area (Å²) in [7, 11) is 0. The third kappa shape index (κ3) is 3.83. The molecule has 126 valence electrons. The van der Waals surface area contributed by atoms with Gasteiger partial charge < -0.3 is 15.4 Å². The van der Waals surface area contributed by atoms with E-state index in [0.717, 1.165) is 18.7 Å². The van der Waals surface area contributed by atoms with Crippen LogP contribution in [0.2, 0.25) is 10.0 Å². The molecule has 0 fully saturated rings. The number of benzene rings is 2. The second kappa shape index (κ2) is 7.43. The van der Waals surface area contributed by atoms with Crippen LogP contribution in [0.15, 0.2) is 36.4 Å². The number of rotatable bonds is 5. The van der Waals surface area contributed by atoms with Gasteiger partial charge in [-0.3, -0.25) is 4.79 Å². The molecule has 0 radical (unpaired) electrons. The molecular weight excluding hydrogens is 347 g/mol. The third-order valence-electron chi connectivity index (χ3n) is 3.96. The summed E-state index contributed by atoms with van der Waals surface area (Å²) in [6.07, 6.45) is -0.669. The average Bonchev–Trinajstić information content (AvgIpc) is 3.04. The SMILES string of the molecule is CC(Oc1cccc(Cl)c1Cl)C(=O)NCc1ccc2c(c1)CNC2. The van der Waals surface area contributed by atoms with Gasteiger partial charge >= 0.3 is 0 Å². The Labute approximate surface area is 151 Å². The van der Waals surface area contributed by atoms with Crippen LogP contribution in [0.5, 0.6) is 5.75 Å². The first-order valence-electron chi connectivity index (χ1n) is 7.74.